The van der Waals surface area contributed by atoms with Gasteiger partial charge in [0.05, 0.1) is 25.2 Å². The van der Waals surface area contributed by atoms with Gasteiger partial charge in [0.2, 0.25) is 0 Å². The molecule has 0 N–H and O–H groups in total. The van der Waals surface area contributed by atoms with E-state index in [4.69, 9.17) is 8.92 Å². The number of quaternary nitrogens is 1. The number of hydrogen-bond donors (Lipinski definition) is 0. The van der Waals surface area contributed by atoms with Crippen LogP contribution in [0.15, 0.2) is 121 Å². The molecule has 3 saturated heterocycles. The third-order valence-corrected chi connectivity index (χ3v) is 10.3. The average molecular weight is 582 g/mol. The number of nitrogens with zero attached hydrogens (tertiary/aromatic N) is 2. The number of rotatable bonds is 11. The second-order valence-electron chi connectivity index (χ2n) is 11.5. The highest BCUT2D eigenvalue weighted by Crippen LogP contribution is 2.49. The SMILES string of the molecule is C=CCO[C@H](c1ccnc2ccccc12)[C@H]1C[C@@H]2CC[N@@+]1(Cc1ccc(S(=O)(=O)Oc3ccccc3)cc1)C[C@@H]2C=C. The van der Waals surface area contributed by atoms with Crippen molar-refractivity contribution in [3.05, 3.63) is 128 Å². The van der Waals surface area contributed by atoms with E-state index in [1.54, 1.807) is 36.4 Å². The summed E-state index contributed by atoms with van der Waals surface area (Å²) in [6, 6.07) is 26.3. The fraction of sp³-hybridized carbons (Fsp3) is 0.286. The van der Waals surface area contributed by atoms with Crippen LogP contribution in [0.25, 0.3) is 10.9 Å². The van der Waals surface area contributed by atoms with Gasteiger partial charge in [-0.3, -0.25) is 4.98 Å². The van der Waals surface area contributed by atoms with Gasteiger partial charge in [0, 0.05) is 35.9 Å². The maximum Gasteiger partial charge on any atom is 0.339 e. The molecule has 5 atom stereocenters. The van der Waals surface area contributed by atoms with Gasteiger partial charge < -0.3 is 13.4 Å². The molecule has 3 aliphatic heterocycles. The van der Waals surface area contributed by atoms with Crippen molar-refractivity contribution in [2.24, 2.45) is 11.8 Å². The van der Waals surface area contributed by atoms with Crippen LogP contribution in [0.2, 0.25) is 0 Å². The fourth-order valence-electron chi connectivity index (χ4n) is 7.09. The molecule has 7 rings (SSSR count). The van der Waals surface area contributed by atoms with Gasteiger partial charge in [-0.1, -0.05) is 60.7 Å². The summed E-state index contributed by atoms with van der Waals surface area (Å²) in [7, 11) is -3.93. The average Bonchev–Trinajstić information content (AvgIpc) is 3.02. The Bertz CT molecular complexity index is 1670. The third-order valence-electron chi connectivity index (χ3n) is 9.07. The van der Waals surface area contributed by atoms with Crippen molar-refractivity contribution in [3.63, 3.8) is 0 Å². The molecule has 3 fully saturated rings. The Labute approximate surface area is 248 Å². The summed E-state index contributed by atoms with van der Waals surface area (Å²) in [5.41, 5.74) is 3.21. The molecule has 3 aromatic carbocycles. The minimum Gasteiger partial charge on any atom is -0.379 e. The molecule has 7 heteroatoms. The summed E-state index contributed by atoms with van der Waals surface area (Å²) >= 11 is 0. The standard InChI is InChI=1S/C35H37N2O4S/c1-3-22-40-35(32-18-20-36-33-13-9-8-12-31(32)33)34-23-28-19-21-37(34,25-27(28)4-2)24-26-14-16-30(17-15-26)42(38,39)41-29-10-6-5-7-11-29/h3-18,20,27-28,34-35H,1-2,19,21-25H2/q+1/t27-,28-,34+,35+,37+/m0/s1. The lowest BCUT2D eigenvalue weighted by molar-refractivity contribution is -0.985. The Balaban J connectivity index is 1.34. The highest BCUT2D eigenvalue weighted by Gasteiger charge is 2.54. The lowest BCUT2D eigenvalue weighted by atomic mass is 9.71. The molecule has 0 radical (unpaired) electrons. The van der Waals surface area contributed by atoms with Crippen molar-refractivity contribution in [1.29, 1.82) is 0 Å². The van der Waals surface area contributed by atoms with Gasteiger partial charge in [-0.25, -0.2) is 0 Å². The van der Waals surface area contributed by atoms with E-state index < -0.39 is 10.1 Å². The van der Waals surface area contributed by atoms with E-state index >= 15 is 0 Å². The van der Waals surface area contributed by atoms with Gasteiger partial charge in [-0.15, -0.1) is 13.2 Å². The number of para-hydroxylation sites is 2. The predicted octanol–water partition coefficient (Wildman–Crippen LogP) is 6.86. The largest absolute Gasteiger partial charge is 0.379 e. The first-order valence-corrected chi connectivity index (χ1v) is 16.0. The second kappa shape index (κ2) is 11.8. The first-order valence-electron chi connectivity index (χ1n) is 14.6. The van der Waals surface area contributed by atoms with Crippen LogP contribution in [0.3, 0.4) is 0 Å². The molecular weight excluding hydrogens is 544 g/mol. The van der Waals surface area contributed by atoms with Crippen LogP contribution in [0.4, 0.5) is 0 Å². The Morgan fingerprint density at radius 2 is 1.74 bits per heavy atom. The maximum absolute atomic E-state index is 12.9. The second-order valence-corrected chi connectivity index (χ2v) is 13.0. The molecule has 42 heavy (non-hydrogen) atoms. The Kier molecular flexibility index (Phi) is 7.99. The van der Waals surface area contributed by atoms with Crippen molar-refractivity contribution in [2.45, 2.75) is 36.4 Å². The van der Waals surface area contributed by atoms with Gasteiger partial charge in [0.25, 0.3) is 0 Å². The number of fused-ring (bicyclic) bond motifs is 4. The highest BCUT2D eigenvalue weighted by molar-refractivity contribution is 7.87. The molecule has 3 aliphatic rings. The van der Waals surface area contributed by atoms with E-state index in [0.717, 1.165) is 59.0 Å². The summed E-state index contributed by atoms with van der Waals surface area (Å²) in [6.45, 7) is 11.4. The van der Waals surface area contributed by atoms with Crippen molar-refractivity contribution in [1.82, 2.24) is 4.98 Å². The topological polar surface area (TPSA) is 65.5 Å². The lowest BCUT2D eigenvalue weighted by Gasteiger charge is -2.58. The zero-order valence-electron chi connectivity index (χ0n) is 23.7. The number of pyridine rings is 1. The van der Waals surface area contributed by atoms with Crippen LogP contribution in [-0.2, 0) is 21.4 Å². The summed E-state index contributed by atoms with van der Waals surface area (Å²) in [6.07, 6.45) is 7.86. The normalized spacial score (nSPS) is 24.2. The number of hydrogen-bond acceptors (Lipinski definition) is 5. The summed E-state index contributed by atoms with van der Waals surface area (Å²) in [4.78, 5) is 4.75. The van der Waals surface area contributed by atoms with Gasteiger partial charge in [0.1, 0.15) is 29.3 Å². The van der Waals surface area contributed by atoms with E-state index in [2.05, 4.69) is 42.4 Å². The molecule has 0 spiro atoms. The first-order chi connectivity index (χ1) is 20.4. The molecule has 0 saturated carbocycles. The van der Waals surface area contributed by atoms with E-state index in [-0.39, 0.29) is 17.0 Å². The van der Waals surface area contributed by atoms with E-state index in [0.29, 0.717) is 24.2 Å². The van der Waals surface area contributed by atoms with E-state index in [1.165, 1.54) is 0 Å². The first kappa shape index (κ1) is 28.3. The van der Waals surface area contributed by atoms with Crippen LogP contribution in [0.5, 0.6) is 5.75 Å². The Morgan fingerprint density at radius 1 is 0.976 bits per heavy atom. The van der Waals surface area contributed by atoms with Gasteiger partial charge in [-0.05, 0) is 47.9 Å². The van der Waals surface area contributed by atoms with Gasteiger partial charge >= 0.3 is 10.1 Å². The summed E-state index contributed by atoms with van der Waals surface area (Å²) < 4.78 is 38.8. The maximum atomic E-state index is 12.9. The minimum atomic E-state index is -3.93. The summed E-state index contributed by atoms with van der Waals surface area (Å²) in [5, 5.41) is 1.11. The fourth-order valence-corrected chi connectivity index (χ4v) is 8.02. The van der Waals surface area contributed by atoms with Gasteiger partial charge in [0.15, 0.2) is 0 Å². The zero-order chi connectivity index (χ0) is 29.2. The third kappa shape index (κ3) is 5.52. The molecule has 4 aromatic rings. The highest BCUT2D eigenvalue weighted by atomic mass is 32.2. The molecule has 1 aromatic heterocycles. The van der Waals surface area contributed by atoms with Crippen molar-refractivity contribution >= 4 is 21.0 Å². The number of ether oxygens (including phenoxy) is 1. The molecule has 216 valence electrons. The predicted molar refractivity (Wildman–Crippen MR) is 165 cm³/mol. The molecular formula is C35H37N2O4S+. The number of piperidine rings is 3. The molecule has 6 nitrogen and oxygen atoms in total. The summed E-state index contributed by atoms with van der Waals surface area (Å²) in [5.74, 6) is 1.30. The molecule has 0 unspecified atom stereocenters. The molecule has 0 aliphatic carbocycles. The van der Waals surface area contributed by atoms with Crippen molar-refractivity contribution in [3.8, 4) is 5.75 Å². The smallest absolute Gasteiger partial charge is 0.339 e. The lowest BCUT2D eigenvalue weighted by Crippen LogP contribution is -2.67. The van der Waals surface area contributed by atoms with Crippen molar-refractivity contribution < 1.29 is 21.8 Å². The van der Waals surface area contributed by atoms with Crippen LogP contribution in [-0.4, -0.2) is 43.6 Å². The molecule has 0 amide bonds. The van der Waals surface area contributed by atoms with E-state index in [1.807, 2.05) is 42.6 Å². The molecule has 4 heterocycles. The van der Waals surface area contributed by atoms with Crippen LogP contribution in [0, 0.1) is 11.8 Å². The van der Waals surface area contributed by atoms with Crippen LogP contribution in [0.1, 0.15) is 30.1 Å². The van der Waals surface area contributed by atoms with Crippen LogP contribution < -0.4 is 4.18 Å². The van der Waals surface area contributed by atoms with Crippen molar-refractivity contribution in [2.75, 3.05) is 19.7 Å². The van der Waals surface area contributed by atoms with Crippen LogP contribution >= 0.6 is 0 Å². The minimum absolute atomic E-state index is 0.136. The monoisotopic (exact) mass is 581 g/mol. The Hall–Kier alpha value is -3.78. The molecule has 2 bridgehead atoms. The number of aromatic nitrogens is 1. The van der Waals surface area contributed by atoms with Gasteiger partial charge in [-0.2, -0.15) is 8.42 Å². The number of benzene rings is 3. The Morgan fingerprint density at radius 3 is 2.50 bits per heavy atom. The quantitative estimate of drug-likeness (QED) is 0.110. The van der Waals surface area contributed by atoms with E-state index in [9.17, 15) is 8.42 Å². The zero-order valence-corrected chi connectivity index (χ0v) is 24.5.